The summed E-state index contributed by atoms with van der Waals surface area (Å²) in [5.74, 6) is 0.0217. The van der Waals surface area contributed by atoms with Gasteiger partial charge in [0.1, 0.15) is 16.2 Å². The summed E-state index contributed by atoms with van der Waals surface area (Å²) in [6.45, 7) is 0.816. The Labute approximate surface area is 144 Å². The van der Waals surface area contributed by atoms with Crippen LogP contribution in [0.15, 0.2) is 51.1 Å². The molecule has 25 heavy (non-hydrogen) atoms. The van der Waals surface area contributed by atoms with Gasteiger partial charge >= 0.3 is 0 Å². The lowest BCUT2D eigenvalue weighted by Gasteiger charge is -2.08. The summed E-state index contributed by atoms with van der Waals surface area (Å²) in [6, 6.07) is 7.97. The Hall–Kier alpha value is -2.65. The highest BCUT2D eigenvalue weighted by atomic mass is 32.2. The average molecular weight is 362 g/mol. The number of rotatable bonds is 6. The Kier molecular flexibility index (Phi) is 4.60. The number of aryl methyl sites for hydroxylation is 1. The normalized spacial score (nSPS) is 11.9. The van der Waals surface area contributed by atoms with Crippen LogP contribution in [0.3, 0.4) is 0 Å². The van der Waals surface area contributed by atoms with E-state index >= 15 is 0 Å². The molecule has 0 radical (unpaired) electrons. The van der Waals surface area contributed by atoms with Crippen LogP contribution in [0, 0.1) is 0 Å². The van der Waals surface area contributed by atoms with E-state index in [-0.39, 0.29) is 26.5 Å². The molecular formula is C16H18N4O4S. The molecule has 0 saturated heterocycles. The summed E-state index contributed by atoms with van der Waals surface area (Å²) in [4.78, 5) is 12.3. The van der Waals surface area contributed by atoms with Gasteiger partial charge in [-0.25, -0.2) is 13.5 Å². The zero-order valence-electron chi connectivity index (χ0n) is 13.6. The topological polar surface area (TPSA) is 120 Å². The van der Waals surface area contributed by atoms with Crippen molar-refractivity contribution in [3.8, 4) is 0 Å². The number of fused-ring (bicyclic) bond motifs is 1. The van der Waals surface area contributed by atoms with Gasteiger partial charge in [-0.15, -0.1) is 0 Å². The number of aromatic nitrogens is 3. The van der Waals surface area contributed by atoms with Crippen LogP contribution < -0.4 is 11.3 Å². The molecule has 9 heteroatoms. The van der Waals surface area contributed by atoms with Gasteiger partial charge < -0.3 is 15.0 Å². The molecule has 0 aliphatic heterocycles. The molecule has 1 aromatic carbocycles. The zero-order valence-corrected chi connectivity index (χ0v) is 14.4. The highest BCUT2D eigenvalue weighted by Crippen LogP contribution is 2.34. The van der Waals surface area contributed by atoms with E-state index in [4.69, 9.17) is 10.5 Å². The quantitative estimate of drug-likeness (QED) is 0.635. The van der Waals surface area contributed by atoms with Crippen molar-refractivity contribution in [1.82, 2.24) is 14.8 Å². The summed E-state index contributed by atoms with van der Waals surface area (Å²) in [7, 11) is -2.32. The second-order valence-electron chi connectivity index (χ2n) is 5.49. The number of methoxy groups -OCH3 is 1. The monoisotopic (exact) mass is 362 g/mol. The van der Waals surface area contributed by atoms with Crippen molar-refractivity contribution in [1.29, 1.82) is 0 Å². The third-order valence-electron chi connectivity index (χ3n) is 3.92. The molecule has 3 rings (SSSR count). The van der Waals surface area contributed by atoms with E-state index in [1.165, 1.54) is 22.9 Å². The number of aromatic amines is 1. The van der Waals surface area contributed by atoms with Crippen LogP contribution in [0.4, 0.5) is 5.82 Å². The molecular weight excluding hydrogens is 344 g/mol. The molecule has 0 saturated carbocycles. The first kappa shape index (κ1) is 17.2. The number of nitrogens with two attached hydrogens (primary N) is 1. The van der Waals surface area contributed by atoms with Crippen molar-refractivity contribution < 1.29 is 13.2 Å². The van der Waals surface area contributed by atoms with Gasteiger partial charge in [0.2, 0.25) is 9.84 Å². The fraction of sp³-hybridized carbons (Fsp3) is 0.250. The molecule has 3 aromatic rings. The largest absolute Gasteiger partial charge is 0.385 e. The maximum absolute atomic E-state index is 13.1. The van der Waals surface area contributed by atoms with Gasteiger partial charge in [0.15, 0.2) is 0 Å². The second kappa shape index (κ2) is 6.69. The Morgan fingerprint density at radius 3 is 2.68 bits per heavy atom. The highest BCUT2D eigenvalue weighted by Gasteiger charge is 2.29. The van der Waals surface area contributed by atoms with Gasteiger partial charge in [-0.2, -0.15) is 5.10 Å². The number of ether oxygens (including phenoxy) is 1. The number of nitrogen functional groups attached to an aromatic ring is 1. The lowest BCUT2D eigenvalue weighted by molar-refractivity contribution is 0.191. The molecule has 132 valence electrons. The average Bonchev–Trinajstić information content (AvgIpc) is 2.90. The molecule has 0 aliphatic carbocycles. The first-order valence-corrected chi connectivity index (χ1v) is 9.11. The molecule has 0 atom stereocenters. The first-order chi connectivity index (χ1) is 12.0. The van der Waals surface area contributed by atoms with E-state index in [0.29, 0.717) is 19.6 Å². The molecule has 0 amide bonds. The maximum atomic E-state index is 13.1. The maximum Gasteiger partial charge on any atom is 0.288 e. The molecule has 8 nitrogen and oxygen atoms in total. The molecule has 2 heterocycles. The fourth-order valence-corrected chi connectivity index (χ4v) is 4.38. The lowest BCUT2D eigenvalue weighted by atomic mass is 10.3. The number of nitrogens with one attached hydrogen (secondary N) is 1. The van der Waals surface area contributed by atoms with E-state index in [0.717, 1.165) is 0 Å². The van der Waals surface area contributed by atoms with Crippen LogP contribution >= 0.6 is 0 Å². The van der Waals surface area contributed by atoms with Gasteiger partial charge in [0, 0.05) is 25.6 Å². The van der Waals surface area contributed by atoms with E-state index in [2.05, 4.69) is 10.2 Å². The summed E-state index contributed by atoms with van der Waals surface area (Å²) in [5, 5.41) is 6.28. The van der Waals surface area contributed by atoms with E-state index in [9.17, 15) is 13.2 Å². The highest BCUT2D eigenvalue weighted by molar-refractivity contribution is 7.92. The minimum atomic E-state index is -3.89. The third kappa shape index (κ3) is 2.92. The Morgan fingerprint density at radius 1 is 1.28 bits per heavy atom. The number of H-pyrrole nitrogens is 1. The number of sulfone groups is 1. The van der Waals surface area contributed by atoms with E-state index in [1.807, 2.05) is 0 Å². The standard InChI is InChI=1S/C16H18N4O4S/c1-24-9-5-8-20-13-12(10-18-19-16(13)21)14(15(20)17)25(22,23)11-6-3-2-4-7-11/h2-4,6-7,10H,5,8-9,17H2,1H3,(H,19,21). The van der Waals surface area contributed by atoms with Crippen LogP contribution in [0.25, 0.3) is 10.9 Å². The van der Waals surface area contributed by atoms with E-state index in [1.54, 1.807) is 25.3 Å². The third-order valence-corrected chi connectivity index (χ3v) is 5.78. The molecule has 0 unspecified atom stereocenters. The van der Waals surface area contributed by atoms with Crippen molar-refractivity contribution in [3.05, 3.63) is 46.9 Å². The second-order valence-corrected chi connectivity index (χ2v) is 7.38. The van der Waals surface area contributed by atoms with Gasteiger partial charge in [-0.3, -0.25) is 4.79 Å². The van der Waals surface area contributed by atoms with Gasteiger partial charge in [0.05, 0.1) is 11.1 Å². The van der Waals surface area contributed by atoms with Gasteiger partial charge in [-0.1, -0.05) is 18.2 Å². The molecule has 0 fully saturated rings. The summed E-state index contributed by atoms with van der Waals surface area (Å²) >= 11 is 0. The molecule has 0 spiro atoms. The lowest BCUT2D eigenvalue weighted by Crippen LogP contribution is -2.14. The summed E-state index contributed by atoms with van der Waals surface area (Å²) in [5.41, 5.74) is 5.86. The smallest absolute Gasteiger partial charge is 0.288 e. The van der Waals surface area contributed by atoms with Crippen LogP contribution in [0.2, 0.25) is 0 Å². The minimum absolute atomic E-state index is 0.0217. The summed E-state index contributed by atoms with van der Waals surface area (Å²) in [6.07, 6.45) is 1.90. The zero-order chi connectivity index (χ0) is 18.0. The SMILES string of the molecule is COCCCn1c(N)c(S(=O)(=O)c2ccccc2)c2cn[nH]c(=O)c21. The molecule has 2 aromatic heterocycles. The van der Waals surface area contributed by atoms with Crippen LogP contribution in [-0.4, -0.2) is 36.9 Å². The number of hydrogen-bond donors (Lipinski definition) is 2. The van der Waals surface area contributed by atoms with Gasteiger partial charge in [-0.05, 0) is 18.6 Å². The van der Waals surface area contributed by atoms with Crippen LogP contribution in [-0.2, 0) is 21.1 Å². The van der Waals surface area contributed by atoms with Crippen molar-refractivity contribution in [2.45, 2.75) is 22.8 Å². The number of anilines is 1. The number of nitrogens with zero attached hydrogens (tertiary/aromatic N) is 2. The fourth-order valence-electron chi connectivity index (χ4n) is 2.81. The molecule has 0 aliphatic rings. The number of benzene rings is 1. The predicted octanol–water partition coefficient (Wildman–Crippen LogP) is 1.18. The van der Waals surface area contributed by atoms with E-state index < -0.39 is 15.4 Å². The molecule has 3 N–H and O–H groups in total. The Morgan fingerprint density at radius 2 is 2.00 bits per heavy atom. The van der Waals surface area contributed by atoms with Crippen molar-refractivity contribution >= 4 is 26.6 Å². The van der Waals surface area contributed by atoms with Crippen LogP contribution in [0.1, 0.15) is 6.42 Å². The van der Waals surface area contributed by atoms with Crippen LogP contribution in [0.5, 0.6) is 0 Å². The summed E-state index contributed by atoms with van der Waals surface area (Å²) < 4.78 is 32.7. The van der Waals surface area contributed by atoms with Crippen molar-refractivity contribution in [3.63, 3.8) is 0 Å². The van der Waals surface area contributed by atoms with Crippen molar-refractivity contribution in [2.24, 2.45) is 0 Å². The predicted molar refractivity (Wildman–Crippen MR) is 93.2 cm³/mol. The first-order valence-electron chi connectivity index (χ1n) is 7.63. The number of hydrogen-bond acceptors (Lipinski definition) is 6. The Balaban J connectivity index is 2.28. The van der Waals surface area contributed by atoms with Crippen molar-refractivity contribution in [2.75, 3.05) is 19.5 Å². The Bertz CT molecular complexity index is 1050. The van der Waals surface area contributed by atoms with Gasteiger partial charge in [0.25, 0.3) is 5.56 Å². The minimum Gasteiger partial charge on any atom is -0.385 e. The molecule has 0 bridgehead atoms.